The summed E-state index contributed by atoms with van der Waals surface area (Å²) in [7, 11) is -4.13. The maximum absolute atomic E-state index is 13.2. The molecule has 1 atom stereocenters. The molecule has 0 aliphatic heterocycles. The summed E-state index contributed by atoms with van der Waals surface area (Å²) in [5, 5.41) is 12.9. The van der Waals surface area contributed by atoms with Crippen LogP contribution in [0.5, 0.6) is 0 Å². The Morgan fingerprint density at radius 3 is 2.50 bits per heavy atom. The second kappa shape index (κ2) is 6.56. The Morgan fingerprint density at radius 2 is 1.79 bits per heavy atom. The third kappa shape index (κ3) is 3.46. The van der Waals surface area contributed by atoms with E-state index in [4.69, 9.17) is 0 Å². The van der Waals surface area contributed by atoms with Gasteiger partial charge < -0.3 is 5.11 Å². The van der Waals surface area contributed by atoms with E-state index in [0.717, 1.165) is 22.2 Å². The van der Waals surface area contributed by atoms with Gasteiger partial charge in [0.05, 0.1) is 11.0 Å². The average molecular weight is 369 g/mol. The number of nitrogens with one attached hydrogen (secondary N) is 1. The Morgan fingerprint density at radius 1 is 1.12 bits per heavy atom. The Kier molecular flexibility index (Phi) is 4.64. The van der Waals surface area contributed by atoms with Crippen molar-refractivity contribution >= 4 is 31.4 Å². The molecule has 1 heterocycles. The molecule has 24 heavy (non-hydrogen) atoms. The number of fused-ring (bicyclic) bond motifs is 1. The van der Waals surface area contributed by atoms with Crippen LogP contribution in [-0.2, 0) is 10.0 Å². The highest BCUT2D eigenvalue weighted by Crippen LogP contribution is 2.30. The van der Waals surface area contributed by atoms with E-state index in [2.05, 4.69) is 4.72 Å². The minimum atomic E-state index is -4.13. The van der Waals surface area contributed by atoms with Gasteiger partial charge in [0, 0.05) is 22.9 Å². The SMILES string of the molecule is O=S(=O)(NCC(O)c1csc2ccccc12)c1cc(F)cc(F)c1. The largest absolute Gasteiger partial charge is 0.387 e. The number of aliphatic hydroxyl groups excluding tert-OH is 1. The molecule has 8 heteroatoms. The average Bonchev–Trinajstić information content (AvgIpc) is 2.96. The van der Waals surface area contributed by atoms with Gasteiger partial charge in [-0.2, -0.15) is 0 Å². The highest BCUT2D eigenvalue weighted by molar-refractivity contribution is 7.89. The smallest absolute Gasteiger partial charge is 0.240 e. The molecule has 2 aromatic carbocycles. The van der Waals surface area contributed by atoms with E-state index < -0.39 is 32.7 Å². The van der Waals surface area contributed by atoms with Crippen LogP contribution in [0, 0.1) is 11.6 Å². The van der Waals surface area contributed by atoms with Crippen LogP contribution in [0.3, 0.4) is 0 Å². The van der Waals surface area contributed by atoms with Crippen molar-refractivity contribution in [1.82, 2.24) is 4.72 Å². The van der Waals surface area contributed by atoms with Gasteiger partial charge in [-0.3, -0.25) is 0 Å². The first-order valence-electron chi connectivity index (χ1n) is 6.97. The zero-order chi connectivity index (χ0) is 17.3. The molecule has 0 aliphatic carbocycles. The lowest BCUT2D eigenvalue weighted by Crippen LogP contribution is -2.28. The topological polar surface area (TPSA) is 66.4 Å². The van der Waals surface area contributed by atoms with Crippen molar-refractivity contribution < 1.29 is 22.3 Å². The van der Waals surface area contributed by atoms with Gasteiger partial charge in [-0.15, -0.1) is 11.3 Å². The van der Waals surface area contributed by atoms with Crippen LogP contribution in [0.2, 0.25) is 0 Å². The molecular formula is C16H13F2NO3S2. The van der Waals surface area contributed by atoms with Crippen molar-refractivity contribution in [3.05, 3.63) is 65.0 Å². The molecule has 0 saturated heterocycles. The van der Waals surface area contributed by atoms with Crippen molar-refractivity contribution in [2.75, 3.05) is 6.54 Å². The van der Waals surface area contributed by atoms with Crippen LogP contribution in [0.25, 0.3) is 10.1 Å². The van der Waals surface area contributed by atoms with E-state index >= 15 is 0 Å². The van der Waals surface area contributed by atoms with Gasteiger partial charge in [0.2, 0.25) is 10.0 Å². The minimum Gasteiger partial charge on any atom is -0.387 e. The van der Waals surface area contributed by atoms with E-state index in [9.17, 15) is 22.3 Å². The molecule has 0 amide bonds. The van der Waals surface area contributed by atoms with Crippen LogP contribution in [-0.4, -0.2) is 20.1 Å². The number of benzene rings is 2. The fraction of sp³-hybridized carbons (Fsp3) is 0.125. The number of rotatable bonds is 5. The molecule has 3 aromatic rings. The monoisotopic (exact) mass is 369 g/mol. The van der Waals surface area contributed by atoms with Crippen molar-refractivity contribution in [1.29, 1.82) is 0 Å². The van der Waals surface area contributed by atoms with E-state index in [1.165, 1.54) is 11.3 Å². The van der Waals surface area contributed by atoms with Crippen LogP contribution in [0.15, 0.2) is 52.7 Å². The van der Waals surface area contributed by atoms with Gasteiger partial charge >= 0.3 is 0 Å². The van der Waals surface area contributed by atoms with E-state index in [0.29, 0.717) is 11.6 Å². The molecule has 0 bridgehead atoms. The maximum Gasteiger partial charge on any atom is 0.240 e. The minimum absolute atomic E-state index is 0.304. The number of aliphatic hydroxyl groups is 1. The highest BCUT2D eigenvalue weighted by Gasteiger charge is 2.20. The number of thiophene rings is 1. The molecule has 1 aromatic heterocycles. The van der Waals surface area contributed by atoms with Crippen LogP contribution in [0.1, 0.15) is 11.7 Å². The number of hydrogen-bond donors (Lipinski definition) is 2. The Balaban J connectivity index is 1.79. The second-order valence-electron chi connectivity index (χ2n) is 5.16. The predicted octanol–water partition coefficient (Wildman–Crippen LogP) is 3.19. The molecule has 126 valence electrons. The first kappa shape index (κ1) is 17.0. The number of sulfonamides is 1. The molecule has 0 radical (unpaired) electrons. The molecule has 1 unspecified atom stereocenters. The lowest BCUT2D eigenvalue weighted by atomic mass is 10.1. The third-order valence-corrected chi connectivity index (χ3v) is 5.87. The Labute approximate surface area is 141 Å². The van der Waals surface area contributed by atoms with Gasteiger partial charge in [-0.25, -0.2) is 21.9 Å². The van der Waals surface area contributed by atoms with Gasteiger partial charge in [0.25, 0.3) is 0 Å². The lowest BCUT2D eigenvalue weighted by Gasteiger charge is -2.12. The van der Waals surface area contributed by atoms with Gasteiger partial charge in [0.15, 0.2) is 0 Å². The van der Waals surface area contributed by atoms with Crippen molar-refractivity contribution in [2.24, 2.45) is 0 Å². The maximum atomic E-state index is 13.2. The van der Waals surface area contributed by atoms with Crippen LogP contribution in [0.4, 0.5) is 8.78 Å². The third-order valence-electron chi connectivity index (χ3n) is 3.48. The first-order chi connectivity index (χ1) is 11.4. The number of halogens is 2. The summed E-state index contributed by atoms with van der Waals surface area (Å²) in [6, 6.07) is 9.46. The van der Waals surface area contributed by atoms with Crippen molar-refractivity contribution in [3.63, 3.8) is 0 Å². The Hall–Kier alpha value is -1.87. The van der Waals surface area contributed by atoms with Gasteiger partial charge in [-0.05, 0) is 29.0 Å². The van der Waals surface area contributed by atoms with E-state index in [-0.39, 0.29) is 6.54 Å². The van der Waals surface area contributed by atoms with Crippen molar-refractivity contribution in [3.8, 4) is 0 Å². The lowest BCUT2D eigenvalue weighted by molar-refractivity contribution is 0.184. The molecule has 0 saturated carbocycles. The van der Waals surface area contributed by atoms with E-state index in [1.54, 1.807) is 5.38 Å². The summed E-state index contributed by atoms with van der Waals surface area (Å²) in [6.45, 7) is -0.304. The fourth-order valence-corrected chi connectivity index (χ4v) is 4.41. The molecule has 2 N–H and O–H groups in total. The predicted molar refractivity (Wildman–Crippen MR) is 88.3 cm³/mol. The van der Waals surface area contributed by atoms with E-state index in [1.807, 2.05) is 24.3 Å². The summed E-state index contributed by atoms with van der Waals surface area (Å²) in [6.07, 6.45) is -1.07. The summed E-state index contributed by atoms with van der Waals surface area (Å²) >= 11 is 1.44. The first-order valence-corrected chi connectivity index (χ1v) is 9.33. The highest BCUT2D eigenvalue weighted by atomic mass is 32.2. The molecule has 0 spiro atoms. The normalized spacial score (nSPS) is 13.3. The zero-order valence-electron chi connectivity index (χ0n) is 12.2. The summed E-state index contributed by atoms with van der Waals surface area (Å²) in [4.78, 5) is -0.526. The summed E-state index contributed by atoms with van der Waals surface area (Å²) in [5.41, 5.74) is 0.601. The second-order valence-corrected chi connectivity index (χ2v) is 7.84. The molecule has 0 fully saturated rings. The number of hydrogen-bond acceptors (Lipinski definition) is 4. The molecular weight excluding hydrogens is 356 g/mol. The van der Waals surface area contributed by atoms with Crippen LogP contribution >= 0.6 is 11.3 Å². The van der Waals surface area contributed by atoms with Crippen molar-refractivity contribution in [2.45, 2.75) is 11.0 Å². The summed E-state index contributed by atoms with van der Waals surface area (Å²) in [5.74, 6) is -1.97. The zero-order valence-corrected chi connectivity index (χ0v) is 13.9. The fourth-order valence-electron chi connectivity index (χ4n) is 2.32. The van der Waals surface area contributed by atoms with Crippen LogP contribution < -0.4 is 4.72 Å². The quantitative estimate of drug-likeness (QED) is 0.726. The standard InChI is InChI=1S/C16H13F2NO3S2/c17-10-5-11(18)7-12(6-10)24(21,22)19-8-15(20)14-9-23-16-4-2-1-3-13(14)16/h1-7,9,15,19-20H,8H2. The molecule has 4 nitrogen and oxygen atoms in total. The summed E-state index contributed by atoms with van der Waals surface area (Å²) < 4.78 is 53.7. The molecule has 3 rings (SSSR count). The van der Waals surface area contributed by atoms with Gasteiger partial charge in [-0.1, -0.05) is 18.2 Å². The Bertz CT molecular complexity index is 966. The molecule has 0 aliphatic rings. The van der Waals surface area contributed by atoms with Gasteiger partial charge in [0.1, 0.15) is 11.6 Å².